The van der Waals surface area contributed by atoms with Crippen LogP contribution in [0, 0.1) is 29.0 Å². The lowest BCUT2D eigenvalue weighted by atomic mass is 9.78. The predicted molar refractivity (Wildman–Crippen MR) is 119 cm³/mol. The molecule has 0 unspecified atom stereocenters. The molecule has 1 aliphatic carbocycles. The monoisotopic (exact) mass is 433 g/mol. The Bertz CT molecular complexity index is 714. The van der Waals surface area contributed by atoms with Gasteiger partial charge in [0.25, 0.3) is 0 Å². The maximum absolute atomic E-state index is 13.6. The zero-order chi connectivity index (χ0) is 21.3. The molecular formula is C24H33ClFN3O. The Hall–Kier alpha value is -1.64. The fourth-order valence-electron chi connectivity index (χ4n) is 4.89. The smallest absolute Gasteiger partial charge is 0.146 e. The summed E-state index contributed by atoms with van der Waals surface area (Å²) in [5.41, 5.74) is 0.882. The highest BCUT2D eigenvalue weighted by molar-refractivity contribution is 6.30. The van der Waals surface area contributed by atoms with Gasteiger partial charge in [-0.05, 0) is 49.4 Å². The lowest BCUT2D eigenvalue weighted by Gasteiger charge is -2.37. The van der Waals surface area contributed by atoms with E-state index in [9.17, 15) is 9.18 Å². The Morgan fingerprint density at radius 1 is 1.07 bits per heavy atom. The molecule has 0 bridgehead atoms. The third kappa shape index (κ3) is 7.25. The molecule has 0 N–H and O–H groups in total. The van der Waals surface area contributed by atoms with Crippen molar-refractivity contribution in [3.05, 3.63) is 29.0 Å². The van der Waals surface area contributed by atoms with E-state index in [2.05, 4.69) is 9.80 Å². The zero-order valence-electron chi connectivity index (χ0n) is 17.8. The molecule has 6 heteroatoms. The van der Waals surface area contributed by atoms with Crippen molar-refractivity contribution in [1.29, 1.82) is 5.26 Å². The lowest BCUT2D eigenvalue weighted by Crippen LogP contribution is -2.47. The molecule has 4 nitrogen and oxygen atoms in total. The fourth-order valence-corrected chi connectivity index (χ4v) is 5.11. The summed E-state index contributed by atoms with van der Waals surface area (Å²) in [6.07, 6.45) is 9.15. The van der Waals surface area contributed by atoms with Crippen LogP contribution in [0.2, 0.25) is 5.02 Å². The van der Waals surface area contributed by atoms with E-state index in [1.165, 1.54) is 38.2 Å². The van der Waals surface area contributed by atoms with Crippen molar-refractivity contribution in [3.8, 4) is 6.07 Å². The van der Waals surface area contributed by atoms with E-state index in [-0.39, 0.29) is 18.0 Å². The first kappa shape index (κ1) is 23.0. The average Bonchev–Trinajstić information content (AvgIpc) is 2.73. The molecule has 2 fully saturated rings. The number of piperazine rings is 1. The average molecular weight is 434 g/mol. The molecule has 164 valence electrons. The number of hydrogen-bond acceptors (Lipinski definition) is 4. The first-order chi connectivity index (χ1) is 14.5. The number of anilines is 1. The van der Waals surface area contributed by atoms with Crippen LogP contribution in [0.5, 0.6) is 0 Å². The molecule has 0 atom stereocenters. The van der Waals surface area contributed by atoms with Crippen LogP contribution in [0.3, 0.4) is 0 Å². The van der Waals surface area contributed by atoms with Crippen molar-refractivity contribution in [1.82, 2.24) is 4.90 Å². The molecule has 1 aromatic rings. The number of ketones is 1. The van der Waals surface area contributed by atoms with E-state index < -0.39 is 0 Å². The SMILES string of the molecule is N#CCC(=O)CCCC1CCC(CCN2CCN(c3cc(F)cc(Cl)c3)CC2)CC1. The summed E-state index contributed by atoms with van der Waals surface area (Å²) in [5.74, 6) is 1.40. The Labute approximate surface area is 185 Å². The van der Waals surface area contributed by atoms with Gasteiger partial charge in [0.15, 0.2) is 0 Å². The summed E-state index contributed by atoms with van der Waals surface area (Å²) in [6, 6.07) is 6.71. The van der Waals surface area contributed by atoms with Crippen molar-refractivity contribution in [2.24, 2.45) is 11.8 Å². The summed E-state index contributed by atoms with van der Waals surface area (Å²) in [7, 11) is 0. The van der Waals surface area contributed by atoms with Crippen LogP contribution in [-0.4, -0.2) is 43.4 Å². The van der Waals surface area contributed by atoms with Crippen LogP contribution >= 0.6 is 11.6 Å². The van der Waals surface area contributed by atoms with Crippen LogP contribution in [0.4, 0.5) is 10.1 Å². The molecule has 0 aromatic heterocycles. The quantitative estimate of drug-likeness (QED) is 0.519. The van der Waals surface area contributed by atoms with Crippen molar-refractivity contribution < 1.29 is 9.18 Å². The Morgan fingerprint density at radius 2 is 1.73 bits per heavy atom. The fraction of sp³-hybridized carbons (Fsp3) is 0.667. The number of hydrogen-bond donors (Lipinski definition) is 0. The molecule has 1 saturated heterocycles. The van der Waals surface area contributed by atoms with Crippen LogP contribution in [0.15, 0.2) is 18.2 Å². The molecule has 0 amide bonds. The van der Waals surface area contributed by atoms with Crippen LogP contribution < -0.4 is 4.90 Å². The minimum absolute atomic E-state index is 0.0665. The Morgan fingerprint density at radius 3 is 2.37 bits per heavy atom. The topological polar surface area (TPSA) is 47.3 Å². The first-order valence-corrected chi connectivity index (χ1v) is 11.7. The van der Waals surface area contributed by atoms with Crippen molar-refractivity contribution in [2.75, 3.05) is 37.6 Å². The van der Waals surface area contributed by atoms with Gasteiger partial charge in [-0.3, -0.25) is 9.69 Å². The van der Waals surface area contributed by atoms with Gasteiger partial charge in [0.05, 0.1) is 12.5 Å². The molecule has 0 spiro atoms. The second-order valence-corrected chi connectivity index (χ2v) is 9.33. The number of halogens is 2. The molecule has 1 heterocycles. The third-order valence-corrected chi connectivity index (χ3v) is 6.97. The number of carbonyl (C=O) groups excluding carboxylic acids is 1. The van der Waals surface area contributed by atoms with Gasteiger partial charge in [0.1, 0.15) is 11.6 Å². The summed E-state index contributed by atoms with van der Waals surface area (Å²) < 4.78 is 13.6. The van der Waals surface area contributed by atoms with Crippen molar-refractivity contribution in [3.63, 3.8) is 0 Å². The molecule has 1 aromatic carbocycles. The number of rotatable bonds is 9. The standard InChI is InChI=1S/C24H33ClFN3O/c25-21-16-22(26)18-23(17-21)29-14-12-28(13-15-29)11-9-20-6-4-19(5-7-20)2-1-3-24(30)8-10-27/h16-20H,1-9,11-15H2. The van der Waals surface area contributed by atoms with Gasteiger partial charge in [0.2, 0.25) is 0 Å². The zero-order valence-corrected chi connectivity index (χ0v) is 18.5. The van der Waals surface area contributed by atoms with Crippen LogP contribution in [0.1, 0.15) is 57.8 Å². The number of benzene rings is 1. The molecule has 1 saturated carbocycles. The maximum atomic E-state index is 13.6. The summed E-state index contributed by atoms with van der Waals surface area (Å²) in [6.45, 7) is 5.00. The summed E-state index contributed by atoms with van der Waals surface area (Å²) >= 11 is 5.99. The van der Waals surface area contributed by atoms with Gasteiger partial charge < -0.3 is 4.90 Å². The van der Waals surface area contributed by atoms with Gasteiger partial charge >= 0.3 is 0 Å². The highest BCUT2D eigenvalue weighted by atomic mass is 35.5. The van der Waals surface area contributed by atoms with Gasteiger partial charge in [-0.1, -0.05) is 43.7 Å². The number of nitriles is 1. The Kier molecular flexibility index (Phi) is 8.96. The van der Waals surface area contributed by atoms with Gasteiger partial charge in [-0.2, -0.15) is 5.26 Å². The van der Waals surface area contributed by atoms with Gasteiger partial charge in [-0.15, -0.1) is 0 Å². The lowest BCUT2D eigenvalue weighted by molar-refractivity contribution is -0.118. The molecule has 3 rings (SSSR count). The normalized spacial score (nSPS) is 22.6. The minimum atomic E-state index is -0.274. The van der Waals surface area contributed by atoms with Crippen molar-refractivity contribution in [2.45, 2.75) is 57.8 Å². The highest BCUT2D eigenvalue weighted by Crippen LogP contribution is 2.34. The molecule has 2 aliphatic rings. The minimum Gasteiger partial charge on any atom is -0.369 e. The first-order valence-electron chi connectivity index (χ1n) is 11.4. The second kappa shape index (κ2) is 11.7. The number of Topliss-reactive ketones (excluding diaryl/α,β-unsaturated/α-hetero) is 1. The van der Waals surface area contributed by atoms with E-state index in [0.717, 1.165) is 63.1 Å². The molecule has 1 aliphatic heterocycles. The number of carbonyl (C=O) groups is 1. The largest absolute Gasteiger partial charge is 0.369 e. The summed E-state index contributed by atoms with van der Waals surface area (Å²) in [4.78, 5) is 16.2. The van der Waals surface area contributed by atoms with Gasteiger partial charge in [0, 0.05) is 43.3 Å². The molecular weight excluding hydrogens is 401 g/mol. The highest BCUT2D eigenvalue weighted by Gasteiger charge is 2.23. The van der Waals surface area contributed by atoms with E-state index >= 15 is 0 Å². The Balaban J connectivity index is 1.29. The van der Waals surface area contributed by atoms with E-state index in [1.54, 1.807) is 6.07 Å². The van der Waals surface area contributed by atoms with Gasteiger partial charge in [-0.25, -0.2) is 4.39 Å². The van der Waals surface area contributed by atoms with Crippen LogP contribution in [0.25, 0.3) is 0 Å². The summed E-state index contributed by atoms with van der Waals surface area (Å²) in [5, 5.41) is 9.00. The van der Waals surface area contributed by atoms with E-state index in [4.69, 9.17) is 16.9 Å². The molecule has 0 radical (unpaired) electrons. The van der Waals surface area contributed by atoms with E-state index in [0.29, 0.717) is 11.4 Å². The van der Waals surface area contributed by atoms with Crippen LogP contribution in [-0.2, 0) is 4.79 Å². The number of nitrogens with zero attached hydrogens (tertiary/aromatic N) is 3. The third-order valence-electron chi connectivity index (χ3n) is 6.75. The maximum Gasteiger partial charge on any atom is 0.146 e. The van der Waals surface area contributed by atoms with E-state index in [1.807, 2.05) is 12.1 Å². The second-order valence-electron chi connectivity index (χ2n) is 8.90. The van der Waals surface area contributed by atoms with Crippen molar-refractivity contribution >= 4 is 23.1 Å². The molecule has 30 heavy (non-hydrogen) atoms. The predicted octanol–water partition coefficient (Wildman–Crippen LogP) is 5.45.